The number of rotatable bonds is 7. The molecule has 1 saturated carbocycles. The fraction of sp³-hybridized carbons (Fsp3) is 0.611. The van der Waals surface area contributed by atoms with Gasteiger partial charge in [-0.05, 0) is 61.1 Å². The maximum absolute atomic E-state index is 12.4. The number of hydrogen-bond donors (Lipinski definition) is 3. The van der Waals surface area contributed by atoms with Crippen molar-refractivity contribution in [1.29, 1.82) is 0 Å². The molecule has 6 nitrogen and oxygen atoms in total. The first-order chi connectivity index (χ1) is 11.8. The molecule has 0 bridgehead atoms. The smallest absolute Gasteiger partial charge is 0.404 e. The second kappa shape index (κ2) is 8.67. The number of carboxylic acid groups (broad SMARTS) is 1. The number of carbonyl (C=O) groups is 1. The molecule has 1 aliphatic rings. The lowest BCUT2D eigenvalue weighted by Gasteiger charge is -2.28. The average molecular weight is 368 g/mol. The molecule has 2 rings (SSSR count). The SMILES string of the molecule is CC(C)c1ccc(S(=O)(=O)NC[C@H]2CC[C@H](CNC(=O)O)CC2)cc1. The first kappa shape index (κ1) is 19.7. The van der Waals surface area contributed by atoms with E-state index in [4.69, 9.17) is 5.11 Å². The van der Waals surface area contributed by atoms with E-state index < -0.39 is 16.1 Å². The molecule has 0 atom stereocenters. The molecule has 140 valence electrons. The molecule has 1 fully saturated rings. The second-order valence-electron chi connectivity index (χ2n) is 7.15. The quantitative estimate of drug-likeness (QED) is 0.689. The zero-order valence-corrected chi connectivity index (χ0v) is 15.7. The predicted octanol–water partition coefficient (Wildman–Crippen LogP) is 3.16. The molecule has 1 aromatic rings. The topological polar surface area (TPSA) is 95.5 Å². The van der Waals surface area contributed by atoms with Crippen molar-refractivity contribution in [1.82, 2.24) is 10.0 Å². The molecule has 0 aliphatic heterocycles. The van der Waals surface area contributed by atoms with Gasteiger partial charge < -0.3 is 10.4 Å². The molecular formula is C18H28N2O4S. The van der Waals surface area contributed by atoms with Gasteiger partial charge in [-0.3, -0.25) is 0 Å². The van der Waals surface area contributed by atoms with Crippen LogP contribution in [0.25, 0.3) is 0 Å². The minimum absolute atomic E-state index is 0.302. The highest BCUT2D eigenvalue weighted by Gasteiger charge is 2.23. The van der Waals surface area contributed by atoms with Crippen molar-refractivity contribution in [2.45, 2.75) is 50.3 Å². The van der Waals surface area contributed by atoms with Crippen LogP contribution in [0.5, 0.6) is 0 Å². The van der Waals surface area contributed by atoms with Gasteiger partial charge in [0.05, 0.1) is 4.90 Å². The predicted molar refractivity (Wildman–Crippen MR) is 97.2 cm³/mol. The molecule has 0 radical (unpaired) electrons. The Bertz CT molecular complexity index is 663. The van der Waals surface area contributed by atoms with Gasteiger partial charge in [-0.1, -0.05) is 26.0 Å². The summed E-state index contributed by atoms with van der Waals surface area (Å²) in [5.41, 5.74) is 1.12. The summed E-state index contributed by atoms with van der Waals surface area (Å²) >= 11 is 0. The van der Waals surface area contributed by atoms with Gasteiger partial charge in [-0.25, -0.2) is 17.9 Å². The van der Waals surface area contributed by atoms with Gasteiger partial charge in [0.2, 0.25) is 10.0 Å². The van der Waals surface area contributed by atoms with Gasteiger partial charge in [0.15, 0.2) is 0 Å². The van der Waals surface area contributed by atoms with E-state index >= 15 is 0 Å². The first-order valence-electron chi connectivity index (χ1n) is 8.84. The third-order valence-electron chi connectivity index (χ3n) is 4.93. The summed E-state index contributed by atoms with van der Waals surface area (Å²) in [6.45, 7) is 5.07. The van der Waals surface area contributed by atoms with Crippen molar-refractivity contribution in [2.24, 2.45) is 11.8 Å². The van der Waals surface area contributed by atoms with E-state index in [0.29, 0.717) is 35.7 Å². The van der Waals surface area contributed by atoms with Crippen LogP contribution in [0.4, 0.5) is 4.79 Å². The molecular weight excluding hydrogens is 340 g/mol. The van der Waals surface area contributed by atoms with E-state index in [1.807, 2.05) is 12.1 Å². The first-order valence-corrected chi connectivity index (χ1v) is 10.3. The van der Waals surface area contributed by atoms with E-state index in [9.17, 15) is 13.2 Å². The van der Waals surface area contributed by atoms with Gasteiger partial charge in [-0.15, -0.1) is 0 Å². The van der Waals surface area contributed by atoms with Crippen LogP contribution >= 0.6 is 0 Å². The molecule has 0 spiro atoms. The number of nitrogens with one attached hydrogen (secondary N) is 2. The van der Waals surface area contributed by atoms with Crippen LogP contribution in [0.2, 0.25) is 0 Å². The minimum Gasteiger partial charge on any atom is -0.465 e. The van der Waals surface area contributed by atoms with Crippen LogP contribution in [0.1, 0.15) is 51.0 Å². The summed E-state index contributed by atoms with van der Waals surface area (Å²) in [5.74, 6) is 1.04. The highest BCUT2D eigenvalue weighted by molar-refractivity contribution is 7.89. The Kier molecular flexibility index (Phi) is 6.84. The van der Waals surface area contributed by atoms with Crippen molar-refractivity contribution in [3.63, 3.8) is 0 Å². The number of hydrogen-bond acceptors (Lipinski definition) is 3. The van der Waals surface area contributed by atoms with Crippen LogP contribution in [0.15, 0.2) is 29.2 Å². The molecule has 1 aliphatic carbocycles. The van der Waals surface area contributed by atoms with Gasteiger partial charge in [0.25, 0.3) is 0 Å². The normalized spacial score (nSPS) is 21.2. The van der Waals surface area contributed by atoms with Crippen molar-refractivity contribution < 1.29 is 18.3 Å². The second-order valence-corrected chi connectivity index (χ2v) is 8.92. The van der Waals surface area contributed by atoms with E-state index in [2.05, 4.69) is 23.9 Å². The van der Waals surface area contributed by atoms with Crippen molar-refractivity contribution in [3.05, 3.63) is 29.8 Å². The summed E-state index contributed by atoms with van der Waals surface area (Å²) in [5, 5.41) is 11.1. The zero-order valence-electron chi connectivity index (χ0n) is 14.9. The molecule has 1 amide bonds. The summed E-state index contributed by atoms with van der Waals surface area (Å²) in [7, 11) is -3.48. The molecule has 0 unspecified atom stereocenters. The summed E-state index contributed by atoms with van der Waals surface area (Å²) in [4.78, 5) is 10.8. The highest BCUT2D eigenvalue weighted by atomic mass is 32.2. The number of sulfonamides is 1. The Morgan fingerprint density at radius 3 is 2.08 bits per heavy atom. The fourth-order valence-corrected chi connectivity index (χ4v) is 4.33. The van der Waals surface area contributed by atoms with Gasteiger partial charge in [-0.2, -0.15) is 0 Å². The van der Waals surface area contributed by atoms with Crippen LogP contribution in [0.3, 0.4) is 0 Å². The molecule has 7 heteroatoms. The van der Waals surface area contributed by atoms with E-state index in [1.165, 1.54) is 0 Å². The monoisotopic (exact) mass is 368 g/mol. The lowest BCUT2D eigenvalue weighted by Crippen LogP contribution is -2.34. The van der Waals surface area contributed by atoms with Gasteiger partial charge in [0, 0.05) is 13.1 Å². The van der Waals surface area contributed by atoms with Crippen LogP contribution in [-0.2, 0) is 10.0 Å². The molecule has 0 saturated heterocycles. The van der Waals surface area contributed by atoms with Crippen molar-refractivity contribution in [3.8, 4) is 0 Å². The van der Waals surface area contributed by atoms with Gasteiger partial charge >= 0.3 is 6.09 Å². The van der Waals surface area contributed by atoms with Crippen molar-refractivity contribution >= 4 is 16.1 Å². The van der Waals surface area contributed by atoms with E-state index in [1.54, 1.807) is 12.1 Å². The van der Waals surface area contributed by atoms with Gasteiger partial charge in [0.1, 0.15) is 0 Å². The van der Waals surface area contributed by atoms with Crippen molar-refractivity contribution in [2.75, 3.05) is 13.1 Å². The van der Waals surface area contributed by atoms with Crippen LogP contribution in [-0.4, -0.2) is 32.7 Å². The minimum atomic E-state index is -3.48. The maximum atomic E-state index is 12.4. The standard InChI is InChI=1S/C18H28N2O4S/c1-13(2)16-7-9-17(10-8-16)25(23,24)20-12-15-5-3-14(4-6-15)11-19-18(21)22/h7-10,13-15,19-20H,3-6,11-12H2,1-2H3,(H,21,22)/t14-,15-. The summed E-state index contributed by atoms with van der Waals surface area (Å²) in [6, 6.07) is 7.04. The molecule has 1 aromatic carbocycles. The Balaban J connectivity index is 1.81. The lowest BCUT2D eigenvalue weighted by atomic mass is 9.82. The summed E-state index contributed by atoms with van der Waals surface area (Å²) in [6.07, 6.45) is 2.70. The third kappa shape index (κ3) is 6.01. The largest absolute Gasteiger partial charge is 0.465 e. The third-order valence-corrected chi connectivity index (χ3v) is 6.37. The number of amides is 1. The Morgan fingerprint density at radius 2 is 1.60 bits per heavy atom. The van der Waals surface area contributed by atoms with E-state index in [-0.39, 0.29) is 0 Å². The summed E-state index contributed by atoms with van der Waals surface area (Å²) < 4.78 is 27.5. The molecule has 0 heterocycles. The Labute approximate surface area is 150 Å². The van der Waals surface area contributed by atoms with Crippen LogP contribution in [0, 0.1) is 11.8 Å². The fourth-order valence-electron chi connectivity index (χ4n) is 3.21. The highest BCUT2D eigenvalue weighted by Crippen LogP contribution is 2.28. The maximum Gasteiger partial charge on any atom is 0.404 e. The number of benzene rings is 1. The Hall–Kier alpha value is -1.60. The van der Waals surface area contributed by atoms with Crippen LogP contribution < -0.4 is 10.0 Å². The Morgan fingerprint density at radius 1 is 1.08 bits per heavy atom. The molecule has 25 heavy (non-hydrogen) atoms. The lowest BCUT2D eigenvalue weighted by molar-refractivity contribution is 0.188. The zero-order chi connectivity index (χ0) is 18.4. The molecule has 0 aromatic heterocycles. The molecule has 3 N–H and O–H groups in total. The van der Waals surface area contributed by atoms with E-state index in [0.717, 1.165) is 31.2 Å². The average Bonchev–Trinajstić information content (AvgIpc) is 2.59.